The minimum Gasteiger partial charge on any atom is -0.481 e. The zero-order chi connectivity index (χ0) is 11.5. The number of rotatable bonds is 3. The van der Waals surface area contributed by atoms with Crippen LogP contribution in [0.25, 0.3) is 0 Å². The van der Waals surface area contributed by atoms with Crippen LogP contribution < -0.4 is 10.5 Å². The van der Waals surface area contributed by atoms with Gasteiger partial charge >= 0.3 is 0 Å². The number of nitrogens with two attached hydrogens (primary N) is 1. The van der Waals surface area contributed by atoms with Gasteiger partial charge in [0, 0.05) is 6.07 Å². The van der Waals surface area contributed by atoms with Crippen LogP contribution in [0.15, 0.2) is 24.4 Å². The Morgan fingerprint density at radius 3 is 2.94 bits per heavy atom. The number of aromatic nitrogens is 3. The lowest BCUT2D eigenvalue weighted by Crippen LogP contribution is -2.07. The fraction of sp³-hybridized carbons (Fsp3) is 0.200. The number of pyridine rings is 1. The van der Waals surface area contributed by atoms with E-state index < -0.39 is 0 Å². The Balaban J connectivity index is 2.23. The maximum absolute atomic E-state index is 5.80. The van der Waals surface area contributed by atoms with Crippen molar-refractivity contribution in [3.05, 3.63) is 35.1 Å². The second kappa shape index (κ2) is 4.40. The zero-order valence-corrected chi connectivity index (χ0v) is 9.48. The lowest BCUT2D eigenvalue weighted by molar-refractivity contribution is 0.395. The lowest BCUT2D eigenvalue weighted by Gasteiger charge is -2.05. The van der Waals surface area contributed by atoms with Crippen molar-refractivity contribution in [3.8, 4) is 5.88 Å². The first kappa shape index (κ1) is 10.8. The summed E-state index contributed by atoms with van der Waals surface area (Å²) >= 11 is 5.80. The molecule has 0 unspecified atom stereocenters. The molecule has 2 N–H and O–H groups in total. The zero-order valence-electron chi connectivity index (χ0n) is 8.72. The monoisotopic (exact) mass is 238 g/mol. The first-order chi connectivity index (χ1) is 7.70. The van der Waals surface area contributed by atoms with Crippen LogP contribution in [0.1, 0.15) is 5.69 Å². The molecule has 0 aliphatic carbocycles. The molecule has 0 aromatic carbocycles. The molecular formula is C10H11ClN4O. The summed E-state index contributed by atoms with van der Waals surface area (Å²) in [6.45, 7) is 0.468. The van der Waals surface area contributed by atoms with Crippen LogP contribution >= 0.6 is 11.6 Å². The van der Waals surface area contributed by atoms with Crippen LogP contribution in [-0.4, -0.2) is 21.9 Å². The number of hydrogen-bond donors (Lipinski definition) is 1. The van der Waals surface area contributed by atoms with Gasteiger partial charge in [-0.15, -0.1) is 0 Å². The van der Waals surface area contributed by atoms with Gasteiger partial charge in [-0.1, -0.05) is 17.7 Å². The third-order valence-electron chi connectivity index (χ3n) is 2.14. The average molecular weight is 239 g/mol. The number of ether oxygens (including phenoxy) is 1. The minimum atomic E-state index is 0.436. The van der Waals surface area contributed by atoms with Gasteiger partial charge < -0.3 is 10.5 Å². The third-order valence-corrected chi connectivity index (χ3v) is 2.43. The molecule has 16 heavy (non-hydrogen) atoms. The topological polar surface area (TPSA) is 66.0 Å². The van der Waals surface area contributed by atoms with Crippen LogP contribution in [0, 0.1) is 0 Å². The SMILES string of the molecule is COc1cccc(Cn2ncc(Cl)c2N)n1. The molecule has 5 nitrogen and oxygen atoms in total. The predicted molar refractivity (Wildman–Crippen MR) is 61.5 cm³/mol. The molecule has 0 amide bonds. The highest BCUT2D eigenvalue weighted by molar-refractivity contribution is 6.32. The van der Waals surface area contributed by atoms with Gasteiger partial charge in [-0.05, 0) is 6.07 Å². The minimum absolute atomic E-state index is 0.436. The van der Waals surface area contributed by atoms with E-state index in [-0.39, 0.29) is 0 Å². The molecule has 2 rings (SSSR count). The van der Waals surface area contributed by atoms with E-state index in [1.165, 1.54) is 6.20 Å². The Morgan fingerprint density at radius 2 is 2.31 bits per heavy atom. The second-order valence-electron chi connectivity index (χ2n) is 3.21. The van der Waals surface area contributed by atoms with Crippen molar-refractivity contribution >= 4 is 17.4 Å². The summed E-state index contributed by atoms with van der Waals surface area (Å²) < 4.78 is 6.62. The Morgan fingerprint density at radius 1 is 1.50 bits per heavy atom. The summed E-state index contributed by atoms with van der Waals surface area (Å²) in [6, 6.07) is 5.52. The largest absolute Gasteiger partial charge is 0.481 e. The Bertz CT molecular complexity index is 497. The van der Waals surface area contributed by atoms with E-state index in [2.05, 4.69) is 10.1 Å². The molecule has 2 aromatic rings. The van der Waals surface area contributed by atoms with Crippen molar-refractivity contribution in [2.45, 2.75) is 6.54 Å². The Labute approximate surface area is 97.8 Å². The molecule has 6 heteroatoms. The molecule has 84 valence electrons. The molecule has 0 saturated carbocycles. The quantitative estimate of drug-likeness (QED) is 0.882. The smallest absolute Gasteiger partial charge is 0.213 e. The summed E-state index contributed by atoms with van der Waals surface area (Å²) in [5.74, 6) is 1.00. The first-order valence-electron chi connectivity index (χ1n) is 4.67. The molecule has 0 aliphatic rings. The number of nitrogens with zero attached hydrogens (tertiary/aromatic N) is 3. The van der Waals surface area contributed by atoms with Gasteiger partial charge in [0.25, 0.3) is 0 Å². The number of halogens is 1. The first-order valence-corrected chi connectivity index (χ1v) is 5.05. The van der Waals surface area contributed by atoms with E-state index in [4.69, 9.17) is 22.1 Å². The van der Waals surface area contributed by atoms with Crippen molar-refractivity contribution in [2.75, 3.05) is 12.8 Å². The fourth-order valence-electron chi connectivity index (χ4n) is 1.31. The van der Waals surface area contributed by atoms with Crippen LogP contribution in [-0.2, 0) is 6.54 Å². The van der Waals surface area contributed by atoms with E-state index in [1.807, 2.05) is 12.1 Å². The Kier molecular flexibility index (Phi) is 2.96. The number of methoxy groups -OCH3 is 1. The normalized spacial score (nSPS) is 10.4. The maximum atomic E-state index is 5.80. The highest BCUT2D eigenvalue weighted by Crippen LogP contribution is 2.18. The second-order valence-corrected chi connectivity index (χ2v) is 3.61. The van der Waals surface area contributed by atoms with Crippen LogP contribution in [0.3, 0.4) is 0 Å². The number of anilines is 1. The summed E-state index contributed by atoms with van der Waals surface area (Å²) in [4.78, 5) is 4.26. The molecular weight excluding hydrogens is 228 g/mol. The summed E-state index contributed by atoms with van der Waals surface area (Å²) in [6.07, 6.45) is 1.51. The number of hydrogen-bond acceptors (Lipinski definition) is 4. The molecule has 2 heterocycles. The third kappa shape index (κ3) is 2.09. The van der Waals surface area contributed by atoms with Crippen LogP contribution in [0.4, 0.5) is 5.82 Å². The van der Waals surface area contributed by atoms with Gasteiger partial charge in [0.05, 0.1) is 25.5 Å². The fourth-order valence-corrected chi connectivity index (χ4v) is 1.45. The molecule has 0 atom stereocenters. The van der Waals surface area contributed by atoms with E-state index in [0.717, 1.165) is 5.69 Å². The van der Waals surface area contributed by atoms with Gasteiger partial charge in [-0.3, -0.25) is 0 Å². The lowest BCUT2D eigenvalue weighted by atomic mass is 10.3. The maximum Gasteiger partial charge on any atom is 0.213 e. The van der Waals surface area contributed by atoms with E-state index in [0.29, 0.717) is 23.3 Å². The standard InChI is InChI=1S/C10H11ClN4O/c1-16-9-4-2-3-7(14-9)6-15-10(12)8(11)5-13-15/h2-5H,6,12H2,1H3. The van der Waals surface area contributed by atoms with Gasteiger partial charge in [0.15, 0.2) is 0 Å². The van der Waals surface area contributed by atoms with E-state index in [9.17, 15) is 0 Å². The molecule has 0 spiro atoms. The number of nitrogen functional groups attached to an aromatic ring is 1. The highest BCUT2D eigenvalue weighted by atomic mass is 35.5. The van der Waals surface area contributed by atoms with Crippen LogP contribution in [0.5, 0.6) is 5.88 Å². The average Bonchev–Trinajstić information content (AvgIpc) is 2.61. The van der Waals surface area contributed by atoms with Crippen molar-refractivity contribution in [1.82, 2.24) is 14.8 Å². The van der Waals surface area contributed by atoms with Gasteiger partial charge in [-0.2, -0.15) is 5.10 Å². The van der Waals surface area contributed by atoms with Gasteiger partial charge in [0.2, 0.25) is 5.88 Å². The van der Waals surface area contributed by atoms with Crippen molar-refractivity contribution in [1.29, 1.82) is 0 Å². The predicted octanol–water partition coefficient (Wildman–Crippen LogP) is 1.57. The van der Waals surface area contributed by atoms with Crippen molar-refractivity contribution in [3.63, 3.8) is 0 Å². The summed E-state index contributed by atoms with van der Waals surface area (Å²) in [5, 5.41) is 4.49. The molecule has 0 radical (unpaired) electrons. The highest BCUT2D eigenvalue weighted by Gasteiger charge is 2.06. The van der Waals surface area contributed by atoms with Gasteiger partial charge in [-0.25, -0.2) is 9.67 Å². The van der Waals surface area contributed by atoms with E-state index in [1.54, 1.807) is 17.9 Å². The summed E-state index contributed by atoms with van der Waals surface area (Å²) in [5.41, 5.74) is 6.54. The molecule has 0 aliphatic heterocycles. The molecule has 0 saturated heterocycles. The van der Waals surface area contributed by atoms with E-state index >= 15 is 0 Å². The molecule has 2 aromatic heterocycles. The van der Waals surface area contributed by atoms with Crippen molar-refractivity contribution < 1.29 is 4.74 Å². The summed E-state index contributed by atoms with van der Waals surface area (Å²) in [7, 11) is 1.57. The van der Waals surface area contributed by atoms with Crippen molar-refractivity contribution in [2.24, 2.45) is 0 Å². The molecule has 0 fully saturated rings. The van der Waals surface area contributed by atoms with Gasteiger partial charge in [0.1, 0.15) is 10.8 Å². The van der Waals surface area contributed by atoms with Crippen LogP contribution in [0.2, 0.25) is 5.02 Å². The Hall–Kier alpha value is -1.75. The molecule has 0 bridgehead atoms.